The molecule has 0 spiro atoms. The van der Waals surface area contributed by atoms with Gasteiger partial charge in [0.15, 0.2) is 5.13 Å². The Bertz CT molecular complexity index is 1010. The SMILES string of the molecule is COc1ccc(C)c2sc(N3CCN(C(=O)Nc4ccccc4C)CC3)nc12. The van der Waals surface area contributed by atoms with Crippen LogP contribution in [0.15, 0.2) is 36.4 Å². The number of hydrogen-bond donors (Lipinski definition) is 1. The number of carbonyl (C=O) groups is 1. The van der Waals surface area contributed by atoms with Gasteiger partial charge in [-0.3, -0.25) is 0 Å². The van der Waals surface area contributed by atoms with Crippen molar-refractivity contribution in [1.82, 2.24) is 9.88 Å². The van der Waals surface area contributed by atoms with Gasteiger partial charge in [0.25, 0.3) is 0 Å². The van der Waals surface area contributed by atoms with Crippen molar-refractivity contribution >= 4 is 38.4 Å². The van der Waals surface area contributed by atoms with Crippen molar-refractivity contribution in [2.45, 2.75) is 13.8 Å². The van der Waals surface area contributed by atoms with Gasteiger partial charge >= 0.3 is 6.03 Å². The van der Waals surface area contributed by atoms with Gasteiger partial charge in [0.2, 0.25) is 0 Å². The molecule has 7 heteroatoms. The molecule has 1 aliphatic rings. The molecule has 146 valence electrons. The summed E-state index contributed by atoms with van der Waals surface area (Å²) in [7, 11) is 1.68. The lowest BCUT2D eigenvalue weighted by atomic mass is 10.2. The minimum atomic E-state index is -0.0456. The first-order chi connectivity index (χ1) is 13.6. The van der Waals surface area contributed by atoms with Gasteiger partial charge in [0.1, 0.15) is 11.3 Å². The largest absolute Gasteiger partial charge is 0.494 e. The van der Waals surface area contributed by atoms with Crippen LogP contribution in [0.25, 0.3) is 10.2 Å². The smallest absolute Gasteiger partial charge is 0.321 e. The van der Waals surface area contributed by atoms with Gasteiger partial charge in [-0.05, 0) is 37.1 Å². The van der Waals surface area contributed by atoms with Crippen LogP contribution in [0.3, 0.4) is 0 Å². The number of benzene rings is 2. The van der Waals surface area contributed by atoms with Gasteiger partial charge in [-0.2, -0.15) is 0 Å². The lowest BCUT2D eigenvalue weighted by Gasteiger charge is -2.34. The van der Waals surface area contributed by atoms with Gasteiger partial charge in [0.05, 0.1) is 11.8 Å². The molecule has 0 bridgehead atoms. The van der Waals surface area contributed by atoms with Crippen molar-refractivity contribution in [3.8, 4) is 5.75 Å². The maximum atomic E-state index is 12.6. The number of rotatable bonds is 3. The Hall–Kier alpha value is -2.80. The molecule has 2 heterocycles. The highest BCUT2D eigenvalue weighted by Crippen LogP contribution is 2.36. The van der Waals surface area contributed by atoms with E-state index in [4.69, 9.17) is 9.72 Å². The second kappa shape index (κ2) is 7.67. The third kappa shape index (κ3) is 3.49. The van der Waals surface area contributed by atoms with Crippen LogP contribution in [0.4, 0.5) is 15.6 Å². The Balaban J connectivity index is 1.44. The number of para-hydroxylation sites is 1. The Labute approximate surface area is 168 Å². The number of methoxy groups -OCH3 is 1. The van der Waals surface area contributed by atoms with E-state index in [-0.39, 0.29) is 6.03 Å². The fourth-order valence-corrected chi connectivity index (χ4v) is 4.51. The molecule has 1 aromatic heterocycles. The number of hydrogen-bond acceptors (Lipinski definition) is 5. The monoisotopic (exact) mass is 396 g/mol. The maximum absolute atomic E-state index is 12.6. The molecule has 0 atom stereocenters. The van der Waals surface area contributed by atoms with E-state index in [1.807, 2.05) is 42.2 Å². The average molecular weight is 397 g/mol. The summed E-state index contributed by atoms with van der Waals surface area (Å²) in [4.78, 5) is 21.5. The second-order valence-corrected chi connectivity index (χ2v) is 7.96. The molecule has 1 fully saturated rings. The summed E-state index contributed by atoms with van der Waals surface area (Å²) in [5, 5.41) is 4.01. The number of fused-ring (bicyclic) bond motifs is 1. The van der Waals surface area contributed by atoms with Crippen LogP contribution in [-0.2, 0) is 0 Å². The lowest BCUT2D eigenvalue weighted by Crippen LogP contribution is -2.50. The number of amides is 2. The first kappa shape index (κ1) is 18.6. The Morgan fingerprint density at radius 3 is 2.54 bits per heavy atom. The van der Waals surface area contributed by atoms with Gasteiger partial charge in [-0.15, -0.1) is 0 Å². The normalized spacial score (nSPS) is 14.4. The van der Waals surface area contributed by atoms with E-state index < -0.39 is 0 Å². The molecule has 0 radical (unpaired) electrons. The number of aryl methyl sites for hydroxylation is 2. The topological polar surface area (TPSA) is 57.7 Å². The number of carbonyl (C=O) groups excluding carboxylic acids is 1. The molecule has 2 aromatic carbocycles. The molecule has 0 unspecified atom stereocenters. The molecule has 1 N–H and O–H groups in total. The van der Waals surface area contributed by atoms with E-state index in [0.717, 1.165) is 45.4 Å². The number of piperazine rings is 1. The van der Waals surface area contributed by atoms with Crippen LogP contribution < -0.4 is 15.0 Å². The van der Waals surface area contributed by atoms with Crippen LogP contribution in [-0.4, -0.2) is 49.2 Å². The van der Waals surface area contributed by atoms with Gasteiger partial charge < -0.3 is 19.9 Å². The minimum absolute atomic E-state index is 0.0456. The quantitative estimate of drug-likeness (QED) is 0.718. The number of aromatic nitrogens is 1. The molecular weight excluding hydrogens is 372 g/mol. The van der Waals surface area contributed by atoms with Crippen molar-refractivity contribution in [3.63, 3.8) is 0 Å². The predicted molar refractivity (Wildman–Crippen MR) is 115 cm³/mol. The summed E-state index contributed by atoms with van der Waals surface area (Å²) in [5.74, 6) is 0.805. The van der Waals surface area contributed by atoms with Crippen molar-refractivity contribution < 1.29 is 9.53 Å². The zero-order valence-corrected chi connectivity index (χ0v) is 17.2. The summed E-state index contributed by atoms with van der Waals surface area (Å²) < 4.78 is 6.62. The Morgan fingerprint density at radius 2 is 1.82 bits per heavy atom. The van der Waals surface area contributed by atoms with E-state index in [2.05, 4.69) is 23.2 Å². The molecule has 1 aliphatic heterocycles. The van der Waals surface area contributed by atoms with Crippen LogP contribution in [0, 0.1) is 13.8 Å². The lowest BCUT2D eigenvalue weighted by molar-refractivity contribution is 0.208. The highest BCUT2D eigenvalue weighted by Gasteiger charge is 2.24. The number of nitrogens with one attached hydrogen (secondary N) is 1. The molecule has 4 rings (SSSR count). The highest BCUT2D eigenvalue weighted by atomic mass is 32.1. The first-order valence-electron chi connectivity index (χ1n) is 9.37. The summed E-state index contributed by atoms with van der Waals surface area (Å²) in [6.45, 7) is 6.97. The molecule has 6 nitrogen and oxygen atoms in total. The van der Waals surface area contributed by atoms with E-state index in [9.17, 15) is 4.79 Å². The predicted octanol–water partition coefficient (Wildman–Crippen LogP) is 4.28. The fraction of sp³-hybridized carbons (Fsp3) is 0.333. The number of thiazole rings is 1. The molecule has 3 aromatic rings. The van der Waals surface area contributed by atoms with E-state index in [0.29, 0.717) is 13.1 Å². The standard InChI is InChI=1S/C21H24N4O2S/c1-14-6-4-5-7-16(14)22-20(26)24-10-12-25(13-11-24)21-23-18-17(27-3)9-8-15(2)19(18)28-21/h4-9H,10-13H2,1-3H3,(H,22,26). The number of ether oxygens (including phenoxy) is 1. The van der Waals surface area contributed by atoms with E-state index >= 15 is 0 Å². The summed E-state index contributed by atoms with van der Waals surface area (Å²) in [5.41, 5.74) is 4.05. The number of urea groups is 1. The zero-order valence-electron chi connectivity index (χ0n) is 16.4. The fourth-order valence-electron chi connectivity index (χ4n) is 3.41. The third-order valence-electron chi connectivity index (χ3n) is 5.14. The van der Waals surface area contributed by atoms with E-state index in [1.54, 1.807) is 18.4 Å². The molecule has 2 amide bonds. The van der Waals surface area contributed by atoms with Crippen molar-refractivity contribution in [3.05, 3.63) is 47.5 Å². The molecule has 28 heavy (non-hydrogen) atoms. The van der Waals surface area contributed by atoms with Crippen LogP contribution in [0.2, 0.25) is 0 Å². The Kier molecular flexibility index (Phi) is 5.09. The first-order valence-corrected chi connectivity index (χ1v) is 10.2. The second-order valence-electron chi connectivity index (χ2n) is 6.98. The van der Waals surface area contributed by atoms with Crippen LogP contribution in [0.1, 0.15) is 11.1 Å². The third-order valence-corrected chi connectivity index (χ3v) is 6.39. The summed E-state index contributed by atoms with van der Waals surface area (Å²) in [6.07, 6.45) is 0. The minimum Gasteiger partial charge on any atom is -0.494 e. The molecular formula is C21H24N4O2S. The number of anilines is 2. The summed E-state index contributed by atoms with van der Waals surface area (Å²) in [6, 6.07) is 11.8. The van der Waals surface area contributed by atoms with Gasteiger partial charge in [-0.1, -0.05) is 35.6 Å². The van der Waals surface area contributed by atoms with E-state index in [1.165, 1.54) is 5.56 Å². The molecule has 0 saturated carbocycles. The van der Waals surface area contributed by atoms with Crippen LogP contribution in [0.5, 0.6) is 5.75 Å². The molecule has 0 aliphatic carbocycles. The zero-order chi connectivity index (χ0) is 19.7. The average Bonchev–Trinajstić information content (AvgIpc) is 3.16. The van der Waals surface area contributed by atoms with Gasteiger partial charge in [-0.25, -0.2) is 9.78 Å². The van der Waals surface area contributed by atoms with Gasteiger partial charge in [0, 0.05) is 31.9 Å². The number of nitrogens with zero attached hydrogens (tertiary/aromatic N) is 3. The highest BCUT2D eigenvalue weighted by molar-refractivity contribution is 7.22. The summed E-state index contributed by atoms with van der Waals surface area (Å²) >= 11 is 1.69. The molecule has 1 saturated heterocycles. The van der Waals surface area contributed by atoms with Crippen molar-refractivity contribution in [2.24, 2.45) is 0 Å². The maximum Gasteiger partial charge on any atom is 0.321 e. The van der Waals surface area contributed by atoms with Crippen molar-refractivity contribution in [1.29, 1.82) is 0 Å². The van der Waals surface area contributed by atoms with Crippen LogP contribution >= 0.6 is 11.3 Å². The Morgan fingerprint density at radius 1 is 1.07 bits per heavy atom. The van der Waals surface area contributed by atoms with Crippen molar-refractivity contribution in [2.75, 3.05) is 43.5 Å².